The van der Waals surface area contributed by atoms with E-state index in [1.807, 2.05) is 6.07 Å². The number of aromatic hydroxyl groups is 1. The third-order valence-corrected chi connectivity index (χ3v) is 1.16. The molecule has 0 spiro atoms. The fourth-order valence-corrected chi connectivity index (χ4v) is 0.609. The zero-order chi connectivity index (χ0) is 6.85. The topological polar surface area (TPSA) is 49.0 Å². The van der Waals surface area contributed by atoms with E-state index in [1.54, 1.807) is 19.3 Å². The second-order valence-electron chi connectivity index (χ2n) is 1.78. The minimum absolute atomic E-state index is 0.0255. The van der Waals surface area contributed by atoms with E-state index in [1.165, 1.54) is 4.57 Å². The number of nitriles is 1. The van der Waals surface area contributed by atoms with Gasteiger partial charge < -0.3 is 9.67 Å². The Morgan fingerprint density at radius 2 is 2.44 bits per heavy atom. The van der Waals surface area contributed by atoms with Crippen molar-refractivity contribution in [2.24, 2.45) is 7.05 Å². The quantitative estimate of drug-likeness (QED) is 0.547. The van der Waals surface area contributed by atoms with Crippen LogP contribution in [-0.2, 0) is 7.05 Å². The van der Waals surface area contributed by atoms with Gasteiger partial charge in [-0.2, -0.15) is 5.26 Å². The van der Waals surface area contributed by atoms with Crippen LogP contribution in [0.25, 0.3) is 0 Å². The van der Waals surface area contributed by atoms with E-state index in [0.29, 0.717) is 5.56 Å². The van der Waals surface area contributed by atoms with Crippen molar-refractivity contribution >= 4 is 0 Å². The van der Waals surface area contributed by atoms with E-state index in [0.717, 1.165) is 0 Å². The first-order chi connectivity index (χ1) is 4.25. The Kier molecular flexibility index (Phi) is 1.16. The molecule has 1 heterocycles. The van der Waals surface area contributed by atoms with Crippen LogP contribution >= 0.6 is 0 Å². The van der Waals surface area contributed by atoms with Gasteiger partial charge in [0.05, 0.1) is 0 Å². The van der Waals surface area contributed by atoms with Crippen molar-refractivity contribution in [2.45, 2.75) is 0 Å². The number of aromatic nitrogens is 1. The van der Waals surface area contributed by atoms with Gasteiger partial charge in [-0.1, -0.05) is 0 Å². The summed E-state index contributed by atoms with van der Waals surface area (Å²) in [6.07, 6.45) is 1.63. The SMILES string of the molecule is Cn1ccc(C#N)c1O. The van der Waals surface area contributed by atoms with E-state index < -0.39 is 0 Å². The van der Waals surface area contributed by atoms with Crippen LogP contribution in [-0.4, -0.2) is 9.67 Å². The Balaban J connectivity index is 3.24. The van der Waals surface area contributed by atoms with Gasteiger partial charge in [0.25, 0.3) is 0 Å². The lowest BCUT2D eigenvalue weighted by Gasteiger charge is -1.90. The molecule has 1 rings (SSSR count). The number of hydrogen-bond donors (Lipinski definition) is 1. The first kappa shape index (κ1) is 5.70. The second kappa shape index (κ2) is 1.82. The standard InChI is InChI=1S/C6H6N2O/c1-8-3-2-5(4-7)6(8)9/h2-3,9H,1H3. The maximum Gasteiger partial charge on any atom is 0.209 e. The monoisotopic (exact) mass is 122 g/mol. The summed E-state index contributed by atoms with van der Waals surface area (Å²) < 4.78 is 1.48. The minimum atomic E-state index is 0.0255. The number of nitrogens with zero attached hydrogens (tertiary/aromatic N) is 2. The minimum Gasteiger partial charge on any atom is -0.494 e. The molecule has 0 aromatic carbocycles. The van der Waals surface area contributed by atoms with Gasteiger partial charge in [0.1, 0.15) is 11.6 Å². The smallest absolute Gasteiger partial charge is 0.209 e. The molecule has 0 aliphatic carbocycles. The molecule has 0 bridgehead atoms. The molecular weight excluding hydrogens is 116 g/mol. The Hall–Kier alpha value is -1.43. The lowest BCUT2D eigenvalue weighted by atomic mass is 10.4. The average Bonchev–Trinajstić information content (AvgIpc) is 2.15. The van der Waals surface area contributed by atoms with Gasteiger partial charge in [-0.3, -0.25) is 0 Å². The normalized spacial score (nSPS) is 8.89. The summed E-state index contributed by atoms with van der Waals surface area (Å²) in [5.74, 6) is 0.0255. The highest BCUT2D eigenvalue weighted by molar-refractivity contribution is 5.37. The number of rotatable bonds is 0. The molecule has 0 aliphatic heterocycles. The summed E-state index contributed by atoms with van der Waals surface area (Å²) in [4.78, 5) is 0. The molecule has 0 fully saturated rings. The first-order valence-corrected chi connectivity index (χ1v) is 2.50. The summed E-state index contributed by atoms with van der Waals surface area (Å²) >= 11 is 0. The lowest BCUT2D eigenvalue weighted by Crippen LogP contribution is -1.81. The molecule has 1 aromatic heterocycles. The number of hydrogen-bond acceptors (Lipinski definition) is 2. The summed E-state index contributed by atoms with van der Waals surface area (Å²) in [5.41, 5.74) is 0.317. The lowest BCUT2D eigenvalue weighted by molar-refractivity contribution is 0.430. The molecule has 0 saturated carbocycles. The van der Waals surface area contributed by atoms with Crippen LogP contribution in [0.1, 0.15) is 5.56 Å². The predicted octanol–water partition coefficient (Wildman–Crippen LogP) is 0.602. The average molecular weight is 122 g/mol. The summed E-state index contributed by atoms with van der Waals surface area (Å²) in [5, 5.41) is 17.3. The van der Waals surface area contributed by atoms with Gasteiger partial charge in [0.15, 0.2) is 0 Å². The first-order valence-electron chi connectivity index (χ1n) is 2.50. The van der Waals surface area contributed by atoms with Gasteiger partial charge in [-0.05, 0) is 6.07 Å². The molecule has 0 aliphatic rings. The van der Waals surface area contributed by atoms with Crippen molar-refractivity contribution in [1.82, 2.24) is 4.57 Å². The van der Waals surface area contributed by atoms with E-state index in [4.69, 9.17) is 10.4 Å². The van der Waals surface area contributed by atoms with Crippen LogP contribution in [0.4, 0.5) is 0 Å². The highest BCUT2D eigenvalue weighted by Gasteiger charge is 2.00. The molecule has 1 aromatic rings. The fourth-order valence-electron chi connectivity index (χ4n) is 0.609. The molecule has 0 radical (unpaired) electrons. The van der Waals surface area contributed by atoms with Crippen LogP contribution in [0.15, 0.2) is 12.3 Å². The molecular formula is C6H6N2O. The molecule has 0 atom stereocenters. The zero-order valence-electron chi connectivity index (χ0n) is 5.00. The molecule has 9 heavy (non-hydrogen) atoms. The fraction of sp³-hybridized carbons (Fsp3) is 0.167. The van der Waals surface area contributed by atoms with Crippen LogP contribution in [0, 0.1) is 11.3 Å². The zero-order valence-corrected chi connectivity index (χ0v) is 5.00. The van der Waals surface area contributed by atoms with Gasteiger partial charge in [0, 0.05) is 13.2 Å². The Labute approximate surface area is 52.8 Å². The highest BCUT2D eigenvalue weighted by Crippen LogP contribution is 2.14. The Bertz CT molecular complexity index is 257. The van der Waals surface area contributed by atoms with E-state index in [-0.39, 0.29) is 5.88 Å². The van der Waals surface area contributed by atoms with Crippen molar-refractivity contribution in [3.05, 3.63) is 17.8 Å². The largest absolute Gasteiger partial charge is 0.494 e. The van der Waals surface area contributed by atoms with Crippen molar-refractivity contribution < 1.29 is 5.11 Å². The summed E-state index contributed by atoms with van der Waals surface area (Å²) in [6, 6.07) is 3.41. The van der Waals surface area contributed by atoms with Crippen molar-refractivity contribution in [1.29, 1.82) is 5.26 Å². The third kappa shape index (κ3) is 0.745. The van der Waals surface area contributed by atoms with Crippen molar-refractivity contribution in [3.8, 4) is 11.9 Å². The maximum atomic E-state index is 8.98. The molecule has 3 nitrogen and oxygen atoms in total. The van der Waals surface area contributed by atoms with Crippen LogP contribution in [0.3, 0.4) is 0 Å². The van der Waals surface area contributed by atoms with Gasteiger partial charge >= 0.3 is 0 Å². The van der Waals surface area contributed by atoms with E-state index in [9.17, 15) is 0 Å². The van der Waals surface area contributed by atoms with Gasteiger partial charge in [-0.15, -0.1) is 0 Å². The Morgan fingerprint density at radius 3 is 2.67 bits per heavy atom. The summed E-state index contributed by atoms with van der Waals surface area (Å²) in [6.45, 7) is 0. The molecule has 46 valence electrons. The third-order valence-electron chi connectivity index (χ3n) is 1.16. The maximum absolute atomic E-state index is 8.98. The van der Waals surface area contributed by atoms with Crippen molar-refractivity contribution in [3.63, 3.8) is 0 Å². The van der Waals surface area contributed by atoms with Gasteiger partial charge in [0.2, 0.25) is 5.88 Å². The van der Waals surface area contributed by atoms with Crippen molar-refractivity contribution in [2.75, 3.05) is 0 Å². The second-order valence-corrected chi connectivity index (χ2v) is 1.78. The molecule has 0 saturated heterocycles. The molecule has 1 N–H and O–H groups in total. The highest BCUT2D eigenvalue weighted by atomic mass is 16.3. The van der Waals surface area contributed by atoms with Crippen LogP contribution in [0.2, 0.25) is 0 Å². The molecule has 0 unspecified atom stereocenters. The number of aryl methyl sites for hydroxylation is 1. The van der Waals surface area contributed by atoms with Gasteiger partial charge in [-0.25, -0.2) is 0 Å². The molecule has 0 amide bonds. The van der Waals surface area contributed by atoms with E-state index in [2.05, 4.69) is 0 Å². The summed E-state index contributed by atoms with van der Waals surface area (Å²) in [7, 11) is 1.68. The predicted molar refractivity (Wildman–Crippen MR) is 31.8 cm³/mol. The van der Waals surface area contributed by atoms with Crippen LogP contribution < -0.4 is 0 Å². The molecule has 3 heteroatoms. The van der Waals surface area contributed by atoms with Crippen LogP contribution in [0.5, 0.6) is 5.88 Å². The Morgan fingerprint density at radius 1 is 1.78 bits per heavy atom. The van der Waals surface area contributed by atoms with E-state index >= 15 is 0 Å².